The average molecular weight is 408 g/mol. The van der Waals surface area contributed by atoms with Crippen molar-refractivity contribution in [2.75, 3.05) is 7.05 Å². The number of benzene rings is 1. The van der Waals surface area contributed by atoms with Crippen molar-refractivity contribution in [1.82, 2.24) is 18.5 Å². The smallest absolute Gasteiger partial charge is 0.295 e. The van der Waals surface area contributed by atoms with E-state index in [9.17, 15) is 4.79 Å². The van der Waals surface area contributed by atoms with E-state index in [0.717, 1.165) is 38.8 Å². The largest absolute Gasteiger partial charge is 0.320 e. The summed E-state index contributed by atoms with van der Waals surface area (Å²) >= 11 is 1.62. The molecular weight excluding hydrogens is 382 g/mol. The van der Waals surface area contributed by atoms with Crippen LogP contribution in [0, 0.1) is 20.8 Å². The Balaban J connectivity index is 1.97. The number of hydrogen-bond acceptors (Lipinski definition) is 3. The fraction of sp³-hybridized carbons (Fsp3) is 0.273. The van der Waals surface area contributed by atoms with Crippen molar-refractivity contribution in [1.29, 1.82) is 0 Å². The van der Waals surface area contributed by atoms with Gasteiger partial charge in [-0.1, -0.05) is 18.2 Å². The molecule has 29 heavy (non-hydrogen) atoms. The first-order valence-corrected chi connectivity index (χ1v) is 10.4. The van der Waals surface area contributed by atoms with Gasteiger partial charge in [0.15, 0.2) is 4.80 Å². The highest BCUT2D eigenvalue weighted by molar-refractivity contribution is 7.07. The fourth-order valence-electron chi connectivity index (χ4n) is 3.99. The second-order valence-electron chi connectivity index (χ2n) is 7.22. The van der Waals surface area contributed by atoms with E-state index in [0.29, 0.717) is 5.69 Å². The first-order valence-electron chi connectivity index (χ1n) is 9.47. The minimum Gasteiger partial charge on any atom is -0.320 e. The predicted octanol–water partition coefficient (Wildman–Crippen LogP) is 3.49. The van der Waals surface area contributed by atoms with Gasteiger partial charge in [0.25, 0.3) is 5.56 Å². The molecule has 0 aliphatic carbocycles. The fourth-order valence-corrected chi connectivity index (χ4v) is 4.86. The number of aryl methyl sites for hydroxylation is 1. The first-order chi connectivity index (χ1) is 13.9. The molecule has 1 aromatic carbocycles. The number of rotatable bonds is 3. The molecule has 0 amide bonds. The van der Waals surface area contributed by atoms with Gasteiger partial charge in [0.05, 0.1) is 17.1 Å². The number of nitrogens with zero attached hydrogens (tertiary/aromatic N) is 5. The molecule has 0 saturated heterocycles. The van der Waals surface area contributed by atoms with Crippen LogP contribution in [0.3, 0.4) is 0 Å². The second-order valence-corrected chi connectivity index (χ2v) is 8.05. The van der Waals surface area contributed by atoms with Gasteiger partial charge in [0, 0.05) is 43.5 Å². The van der Waals surface area contributed by atoms with Crippen LogP contribution in [-0.4, -0.2) is 25.5 Å². The van der Waals surface area contributed by atoms with Gasteiger partial charge >= 0.3 is 0 Å². The SMILES string of the molecule is CN=c1scc(-c2cc(C)n(-c3c(C)n(C)n(-c4ccccc4)c3=O)c2C)n1C. The monoisotopic (exact) mass is 407 g/mol. The molecule has 4 aromatic rings. The highest BCUT2D eigenvalue weighted by Crippen LogP contribution is 2.30. The molecule has 0 unspecified atom stereocenters. The van der Waals surface area contributed by atoms with Crippen LogP contribution >= 0.6 is 11.3 Å². The topological polar surface area (TPSA) is 49.1 Å². The van der Waals surface area contributed by atoms with Crippen molar-refractivity contribution < 1.29 is 0 Å². The van der Waals surface area contributed by atoms with E-state index in [1.165, 1.54) is 0 Å². The second kappa shape index (κ2) is 7.08. The summed E-state index contributed by atoms with van der Waals surface area (Å²) in [6.45, 7) is 6.11. The van der Waals surface area contributed by atoms with Crippen molar-refractivity contribution in [2.45, 2.75) is 20.8 Å². The maximum Gasteiger partial charge on any atom is 0.295 e. The Morgan fingerprint density at radius 1 is 1.00 bits per heavy atom. The van der Waals surface area contributed by atoms with Gasteiger partial charge in [-0.05, 0) is 39.0 Å². The summed E-state index contributed by atoms with van der Waals surface area (Å²) in [6, 6.07) is 11.9. The Morgan fingerprint density at radius 3 is 2.31 bits per heavy atom. The van der Waals surface area contributed by atoms with Crippen LogP contribution in [-0.2, 0) is 14.1 Å². The molecule has 3 heterocycles. The zero-order chi connectivity index (χ0) is 20.9. The van der Waals surface area contributed by atoms with E-state index < -0.39 is 0 Å². The van der Waals surface area contributed by atoms with Crippen molar-refractivity contribution >= 4 is 11.3 Å². The molecule has 3 aromatic heterocycles. The maximum atomic E-state index is 13.5. The van der Waals surface area contributed by atoms with Gasteiger partial charge < -0.3 is 9.13 Å². The summed E-state index contributed by atoms with van der Waals surface area (Å²) < 4.78 is 7.82. The van der Waals surface area contributed by atoms with Crippen LogP contribution in [0.2, 0.25) is 0 Å². The predicted molar refractivity (Wildman–Crippen MR) is 118 cm³/mol. The van der Waals surface area contributed by atoms with Gasteiger partial charge in [0.2, 0.25) is 0 Å². The van der Waals surface area contributed by atoms with Gasteiger partial charge in [-0.25, -0.2) is 4.68 Å². The molecule has 0 fully saturated rings. The number of para-hydroxylation sites is 1. The lowest BCUT2D eigenvalue weighted by atomic mass is 10.2. The lowest BCUT2D eigenvalue weighted by Crippen LogP contribution is -2.22. The zero-order valence-electron chi connectivity index (χ0n) is 17.6. The van der Waals surface area contributed by atoms with E-state index in [-0.39, 0.29) is 5.56 Å². The van der Waals surface area contributed by atoms with Crippen LogP contribution in [0.15, 0.2) is 51.6 Å². The van der Waals surface area contributed by atoms with Crippen LogP contribution in [0.25, 0.3) is 22.6 Å². The molecule has 150 valence electrons. The Bertz CT molecular complexity index is 1330. The first kappa shape index (κ1) is 19.3. The van der Waals surface area contributed by atoms with Gasteiger partial charge in [-0.3, -0.25) is 14.5 Å². The number of aromatic nitrogens is 4. The van der Waals surface area contributed by atoms with Crippen molar-refractivity contribution in [3.8, 4) is 22.6 Å². The average Bonchev–Trinajstić information content (AvgIpc) is 3.29. The molecular formula is C22H25N5OS. The van der Waals surface area contributed by atoms with Gasteiger partial charge in [0.1, 0.15) is 5.69 Å². The summed E-state index contributed by atoms with van der Waals surface area (Å²) in [5.74, 6) is 0. The minimum absolute atomic E-state index is 0.0245. The van der Waals surface area contributed by atoms with E-state index in [1.807, 2.05) is 63.0 Å². The highest BCUT2D eigenvalue weighted by atomic mass is 32.1. The van der Waals surface area contributed by atoms with Crippen molar-refractivity contribution in [3.05, 3.63) is 74.0 Å². The van der Waals surface area contributed by atoms with Crippen LogP contribution < -0.4 is 10.4 Å². The maximum absolute atomic E-state index is 13.5. The lowest BCUT2D eigenvalue weighted by Gasteiger charge is -2.09. The van der Waals surface area contributed by atoms with Crippen LogP contribution in [0.4, 0.5) is 0 Å². The van der Waals surface area contributed by atoms with Crippen LogP contribution in [0.1, 0.15) is 17.1 Å². The Morgan fingerprint density at radius 2 is 1.69 bits per heavy atom. The molecule has 6 nitrogen and oxygen atoms in total. The summed E-state index contributed by atoms with van der Waals surface area (Å²) in [6.07, 6.45) is 0. The standard InChI is InChI=1S/C22H25N5OS/c1-14-12-18(19-13-29-22(23-4)24(19)5)15(2)26(14)20-16(3)25(6)27(21(20)28)17-10-8-7-9-11-17/h7-13H,1-6H3. The van der Waals surface area contributed by atoms with E-state index >= 15 is 0 Å². The zero-order valence-corrected chi connectivity index (χ0v) is 18.4. The van der Waals surface area contributed by atoms with E-state index in [2.05, 4.69) is 32.5 Å². The van der Waals surface area contributed by atoms with Crippen molar-refractivity contribution in [2.24, 2.45) is 19.1 Å². The molecule has 7 heteroatoms. The van der Waals surface area contributed by atoms with Crippen molar-refractivity contribution in [3.63, 3.8) is 0 Å². The van der Waals surface area contributed by atoms with Gasteiger partial charge in [-0.15, -0.1) is 11.3 Å². The third-order valence-electron chi connectivity index (χ3n) is 5.57. The molecule has 0 N–H and O–H groups in total. The molecule has 0 aliphatic rings. The molecule has 4 rings (SSSR count). The van der Waals surface area contributed by atoms with E-state index in [4.69, 9.17) is 0 Å². The summed E-state index contributed by atoms with van der Waals surface area (Å²) in [5, 5.41) is 2.12. The minimum atomic E-state index is -0.0245. The molecule has 0 spiro atoms. The Kier molecular flexibility index (Phi) is 4.70. The number of thiazole rings is 1. The van der Waals surface area contributed by atoms with E-state index in [1.54, 1.807) is 23.1 Å². The Labute approximate surface area is 173 Å². The lowest BCUT2D eigenvalue weighted by molar-refractivity contribution is 0.630. The number of hydrogen-bond donors (Lipinski definition) is 0. The molecule has 0 atom stereocenters. The highest BCUT2D eigenvalue weighted by Gasteiger charge is 2.22. The van der Waals surface area contributed by atoms with Gasteiger partial charge in [-0.2, -0.15) is 0 Å². The summed E-state index contributed by atoms with van der Waals surface area (Å²) in [5.41, 5.74) is 6.74. The third kappa shape index (κ3) is 2.84. The normalized spacial score (nSPS) is 12.1. The molecule has 0 bridgehead atoms. The molecule has 0 radical (unpaired) electrons. The Hall–Kier alpha value is -3.06. The summed E-state index contributed by atoms with van der Waals surface area (Å²) in [4.78, 5) is 18.8. The summed E-state index contributed by atoms with van der Waals surface area (Å²) in [7, 11) is 5.75. The molecule has 0 saturated carbocycles. The third-order valence-corrected chi connectivity index (χ3v) is 6.58. The quantitative estimate of drug-likeness (QED) is 0.513. The molecule has 0 aliphatic heterocycles. The van der Waals surface area contributed by atoms with Crippen LogP contribution in [0.5, 0.6) is 0 Å².